The zero-order valence-corrected chi connectivity index (χ0v) is 13.3. The van der Waals surface area contributed by atoms with Crippen LogP contribution in [0.25, 0.3) is 0 Å². The van der Waals surface area contributed by atoms with Gasteiger partial charge in [0.25, 0.3) is 0 Å². The molecule has 3 unspecified atom stereocenters. The first-order valence-electron chi connectivity index (χ1n) is 8.18. The van der Waals surface area contributed by atoms with Gasteiger partial charge in [0.1, 0.15) is 11.6 Å². The maximum absolute atomic E-state index is 13.8. The van der Waals surface area contributed by atoms with Crippen molar-refractivity contribution in [2.45, 2.75) is 65.0 Å². The summed E-state index contributed by atoms with van der Waals surface area (Å²) in [5.41, 5.74) is 0.557. The summed E-state index contributed by atoms with van der Waals surface area (Å²) in [6.07, 6.45) is 6.08. The summed E-state index contributed by atoms with van der Waals surface area (Å²) in [6, 6.07) is 4.21. The summed E-state index contributed by atoms with van der Waals surface area (Å²) in [5.74, 6) is 0.590. The summed E-state index contributed by atoms with van der Waals surface area (Å²) in [7, 11) is 0. The van der Waals surface area contributed by atoms with Crippen molar-refractivity contribution < 1.29 is 8.78 Å². The Labute approximate surface area is 127 Å². The Morgan fingerprint density at radius 1 is 1.05 bits per heavy atom. The highest BCUT2D eigenvalue weighted by Gasteiger charge is 2.22. The number of hydrogen-bond acceptors (Lipinski definition) is 1. The van der Waals surface area contributed by atoms with Crippen LogP contribution in [0.1, 0.15) is 64.5 Å². The fraction of sp³-hybridized carbons (Fsp3) is 0.667. The molecule has 1 nitrogen and oxygen atoms in total. The van der Waals surface area contributed by atoms with Crippen LogP contribution in [0.5, 0.6) is 0 Å². The normalized spacial score (nSPS) is 24.9. The Morgan fingerprint density at radius 2 is 1.81 bits per heavy atom. The maximum Gasteiger partial charge on any atom is 0.130 e. The van der Waals surface area contributed by atoms with Gasteiger partial charge >= 0.3 is 0 Å². The minimum absolute atomic E-state index is 0.0776. The van der Waals surface area contributed by atoms with Crippen molar-refractivity contribution >= 4 is 0 Å². The summed E-state index contributed by atoms with van der Waals surface area (Å²) in [4.78, 5) is 0. The van der Waals surface area contributed by atoms with Gasteiger partial charge in [0.2, 0.25) is 0 Å². The topological polar surface area (TPSA) is 12.0 Å². The molecule has 1 N–H and O–H groups in total. The molecule has 3 atom stereocenters. The van der Waals surface area contributed by atoms with Crippen molar-refractivity contribution in [3.8, 4) is 0 Å². The number of hydrogen-bond donors (Lipinski definition) is 1. The fourth-order valence-electron chi connectivity index (χ4n) is 3.46. The maximum atomic E-state index is 13.8. The molecule has 0 saturated heterocycles. The van der Waals surface area contributed by atoms with Crippen LogP contribution in [0, 0.1) is 23.5 Å². The van der Waals surface area contributed by atoms with Gasteiger partial charge in [-0.25, -0.2) is 8.78 Å². The van der Waals surface area contributed by atoms with E-state index in [-0.39, 0.29) is 6.04 Å². The molecular weight excluding hydrogens is 268 g/mol. The molecule has 3 heteroatoms. The van der Waals surface area contributed by atoms with Crippen molar-refractivity contribution in [2.75, 3.05) is 0 Å². The molecule has 0 amide bonds. The van der Waals surface area contributed by atoms with Gasteiger partial charge in [-0.3, -0.25) is 0 Å². The first-order valence-corrected chi connectivity index (χ1v) is 8.18. The lowest BCUT2D eigenvalue weighted by Gasteiger charge is -2.23. The molecule has 0 aliphatic heterocycles. The van der Waals surface area contributed by atoms with Crippen LogP contribution in [0.3, 0.4) is 0 Å². The van der Waals surface area contributed by atoms with E-state index in [1.807, 2.05) is 6.92 Å². The minimum Gasteiger partial charge on any atom is -0.307 e. The van der Waals surface area contributed by atoms with Crippen LogP contribution in [0.4, 0.5) is 8.78 Å². The molecule has 0 heterocycles. The molecule has 118 valence electrons. The van der Waals surface area contributed by atoms with E-state index in [0.717, 1.165) is 30.7 Å². The summed E-state index contributed by atoms with van der Waals surface area (Å²) < 4.78 is 26.8. The van der Waals surface area contributed by atoms with Crippen LogP contribution in [-0.4, -0.2) is 6.04 Å². The molecule has 2 rings (SSSR count). The second kappa shape index (κ2) is 7.35. The van der Waals surface area contributed by atoms with Crippen LogP contribution in [-0.2, 0) is 0 Å². The predicted octanol–water partition coefficient (Wildman–Crippen LogP) is 5.22. The second-order valence-electron chi connectivity index (χ2n) is 6.76. The highest BCUT2D eigenvalue weighted by atomic mass is 19.1. The van der Waals surface area contributed by atoms with E-state index in [9.17, 15) is 8.78 Å². The third kappa shape index (κ3) is 4.50. The SMILES string of the molecule is CC(NC1CCCC(C(C)C)CC1)c1ccc(F)cc1F. The average molecular weight is 295 g/mol. The van der Waals surface area contributed by atoms with Crippen LogP contribution < -0.4 is 5.32 Å². The molecule has 1 saturated carbocycles. The van der Waals surface area contributed by atoms with Gasteiger partial charge in [-0.05, 0) is 44.1 Å². The van der Waals surface area contributed by atoms with Gasteiger partial charge in [0.05, 0.1) is 0 Å². The molecular formula is C18H27F2N. The molecule has 0 radical (unpaired) electrons. The Morgan fingerprint density at radius 3 is 2.48 bits per heavy atom. The van der Waals surface area contributed by atoms with E-state index in [2.05, 4.69) is 19.2 Å². The second-order valence-corrected chi connectivity index (χ2v) is 6.76. The van der Waals surface area contributed by atoms with E-state index >= 15 is 0 Å². The first kappa shape index (κ1) is 16.4. The summed E-state index contributed by atoms with van der Waals surface area (Å²) >= 11 is 0. The van der Waals surface area contributed by atoms with E-state index in [0.29, 0.717) is 11.6 Å². The van der Waals surface area contributed by atoms with Crippen molar-refractivity contribution in [2.24, 2.45) is 11.8 Å². The molecule has 21 heavy (non-hydrogen) atoms. The molecule has 1 fully saturated rings. The molecule has 0 bridgehead atoms. The molecule has 0 aromatic heterocycles. The van der Waals surface area contributed by atoms with Crippen molar-refractivity contribution in [3.05, 3.63) is 35.4 Å². The predicted molar refractivity (Wildman–Crippen MR) is 83.1 cm³/mol. The van der Waals surface area contributed by atoms with Crippen molar-refractivity contribution in [1.29, 1.82) is 0 Å². The number of benzene rings is 1. The van der Waals surface area contributed by atoms with E-state index in [1.165, 1.54) is 25.3 Å². The lowest BCUT2D eigenvalue weighted by atomic mass is 9.89. The highest BCUT2D eigenvalue weighted by Crippen LogP contribution is 2.30. The molecule has 0 spiro atoms. The molecule has 1 aromatic rings. The van der Waals surface area contributed by atoms with E-state index in [4.69, 9.17) is 0 Å². The zero-order chi connectivity index (χ0) is 15.4. The smallest absolute Gasteiger partial charge is 0.130 e. The molecule has 1 aliphatic rings. The monoisotopic (exact) mass is 295 g/mol. The third-order valence-corrected chi connectivity index (χ3v) is 4.87. The molecule has 1 aromatic carbocycles. The Hall–Kier alpha value is -0.960. The minimum atomic E-state index is -0.516. The molecule has 1 aliphatic carbocycles. The number of rotatable bonds is 4. The standard InChI is InChI=1S/C18H27F2N/c1-12(2)14-5-4-6-16(9-7-14)21-13(3)17-10-8-15(19)11-18(17)20/h8,10-14,16,21H,4-7,9H2,1-3H3. The van der Waals surface area contributed by atoms with Crippen LogP contribution in [0.2, 0.25) is 0 Å². The van der Waals surface area contributed by atoms with Crippen LogP contribution in [0.15, 0.2) is 18.2 Å². The fourth-order valence-corrected chi connectivity index (χ4v) is 3.46. The van der Waals surface area contributed by atoms with Crippen molar-refractivity contribution in [3.63, 3.8) is 0 Å². The van der Waals surface area contributed by atoms with Gasteiger partial charge in [-0.2, -0.15) is 0 Å². The van der Waals surface area contributed by atoms with Gasteiger partial charge in [-0.15, -0.1) is 0 Å². The Bertz CT molecular complexity index is 459. The number of halogens is 2. The van der Waals surface area contributed by atoms with Crippen LogP contribution >= 0.6 is 0 Å². The Balaban J connectivity index is 1.94. The number of nitrogens with one attached hydrogen (secondary N) is 1. The summed E-state index contributed by atoms with van der Waals surface area (Å²) in [5, 5.41) is 3.53. The van der Waals surface area contributed by atoms with Gasteiger partial charge in [0, 0.05) is 23.7 Å². The van der Waals surface area contributed by atoms with E-state index in [1.54, 1.807) is 6.07 Å². The Kier molecular flexibility index (Phi) is 5.74. The van der Waals surface area contributed by atoms with Gasteiger partial charge in [-0.1, -0.05) is 32.8 Å². The van der Waals surface area contributed by atoms with Gasteiger partial charge in [0.15, 0.2) is 0 Å². The zero-order valence-electron chi connectivity index (χ0n) is 13.3. The quantitative estimate of drug-likeness (QED) is 0.751. The summed E-state index contributed by atoms with van der Waals surface area (Å²) in [6.45, 7) is 6.56. The first-order chi connectivity index (χ1) is 9.97. The van der Waals surface area contributed by atoms with Gasteiger partial charge < -0.3 is 5.32 Å². The highest BCUT2D eigenvalue weighted by molar-refractivity contribution is 5.21. The van der Waals surface area contributed by atoms with Crippen molar-refractivity contribution in [1.82, 2.24) is 5.32 Å². The largest absolute Gasteiger partial charge is 0.307 e. The average Bonchev–Trinajstić information content (AvgIpc) is 2.64. The lowest BCUT2D eigenvalue weighted by Crippen LogP contribution is -2.31. The third-order valence-electron chi connectivity index (χ3n) is 4.87. The lowest BCUT2D eigenvalue weighted by molar-refractivity contribution is 0.334. The van der Waals surface area contributed by atoms with E-state index < -0.39 is 11.6 Å².